The van der Waals surface area contributed by atoms with Crippen LogP contribution in [0.4, 0.5) is 4.79 Å². The quantitative estimate of drug-likeness (QED) is 0.624. The number of aliphatic carboxylic acids is 1. The Morgan fingerprint density at radius 1 is 1.47 bits per heavy atom. The van der Waals surface area contributed by atoms with Crippen molar-refractivity contribution in [2.24, 2.45) is 0 Å². The molecule has 1 fully saturated rings. The van der Waals surface area contributed by atoms with E-state index in [1.807, 2.05) is 0 Å². The third-order valence-electron chi connectivity index (χ3n) is 2.98. The van der Waals surface area contributed by atoms with Crippen LogP contribution in [-0.2, 0) is 9.53 Å². The standard InChI is InChI=1S/C14H19NO4/c1-2-11-19-14(18)15-10-6-5-8-12(15)7-3-4-9-13(16)17/h2,12H,1,3,5-8,10-11H2,(H,16,17). The third-order valence-corrected chi connectivity index (χ3v) is 2.98. The summed E-state index contributed by atoms with van der Waals surface area (Å²) in [5.74, 6) is 3.55. The molecule has 0 radical (unpaired) electrons. The summed E-state index contributed by atoms with van der Waals surface area (Å²) in [7, 11) is 0. The summed E-state index contributed by atoms with van der Waals surface area (Å²) >= 11 is 0. The number of nitrogens with zero attached hydrogens (tertiary/aromatic N) is 1. The second-order valence-corrected chi connectivity index (χ2v) is 4.35. The Kier molecular flexibility index (Phi) is 6.51. The van der Waals surface area contributed by atoms with Gasteiger partial charge in [0.05, 0.1) is 0 Å². The van der Waals surface area contributed by atoms with E-state index in [1.165, 1.54) is 6.08 Å². The van der Waals surface area contributed by atoms with E-state index in [0.29, 0.717) is 19.4 Å². The number of carbonyl (C=O) groups is 2. The summed E-state index contributed by atoms with van der Waals surface area (Å²) in [5.41, 5.74) is 0. The second kappa shape index (κ2) is 8.20. The molecule has 5 nitrogen and oxygen atoms in total. The summed E-state index contributed by atoms with van der Waals surface area (Å²) in [5, 5.41) is 8.42. The Labute approximate surface area is 113 Å². The molecule has 1 N–H and O–H groups in total. The van der Waals surface area contributed by atoms with Gasteiger partial charge in [-0.2, -0.15) is 0 Å². The number of carboxylic acid groups (broad SMARTS) is 1. The summed E-state index contributed by atoms with van der Waals surface area (Å²) in [4.78, 5) is 23.8. The number of hydrogen-bond acceptors (Lipinski definition) is 3. The van der Waals surface area contributed by atoms with Crippen molar-refractivity contribution in [1.29, 1.82) is 0 Å². The molecule has 19 heavy (non-hydrogen) atoms. The van der Waals surface area contributed by atoms with Gasteiger partial charge in [0.15, 0.2) is 0 Å². The number of carbonyl (C=O) groups excluding carboxylic acids is 1. The van der Waals surface area contributed by atoms with E-state index in [2.05, 4.69) is 18.4 Å². The zero-order valence-electron chi connectivity index (χ0n) is 10.9. The average Bonchev–Trinajstić information content (AvgIpc) is 2.41. The van der Waals surface area contributed by atoms with E-state index in [-0.39, 0.29) is 18.7 Å². The number of carboxylic acids is 1. The fourth-order valence-corrected chi connectivity index (χ4v) is 2.13. The van der Waals surface area contributed by atoms with Crippen LogP contribution in [0.25, 0.3) is 0 Å². The van der Waals surface area contributed by atoms with E-state index >= 15 is 0 Å². The lowest BCUT2D eigenvalue weighted by Crippen LogP contribution is -2.44. The van der Waals surface area contributed by atoms with Crippen molar-refractivity contribution in [3.8, 4) is 11.8 Å². The first-order valence-electron chi connectivity index (χ1n) is 6.41. The van der Waals surface area contributed by atoms with Gasteiger partial charge in [0.1, 0.15) is 6.61 Å². The molecule has 1 unspecified atom stereocenters. The van der Waals surface area contributed by atoms with Gasteiger partial charge in [-0.05, 0) is 25.7 Å². The summed E-state index contributed by atoms with van der Waals surface area (Å²) in [6, 6.07) is 0.0918. The molecule has 0 saturated carbocycles. The normalized spacial score (nSPS) is 18.1. The molecule has 5 heteroatoms. The number of piperidine rings is 1. The molecule has 1 aliphatic heterocycles. The molecule has 1 aliphatic rings. The molecular weight excluding hydrogens is 246 g/mol. The van der Waals surface area contributed by atoms with Crippen LogP contribution in [0.3, 0.4) is 0 Å². The number of ether oxygens (including phenoxy) is 1. The van der Waals surface area contributed by atoms with Gasteiger partial charge < -0.3 is 14.7 Å². The van der Waals surface area contributed by atoms with Gasteiger partial charge in [0.2, 0.25) is 0 Å². The summed E-state index contributed by atoms with van der Waals surface area (Å²) in [6.07, 6.45) is 5.33. The van der Waals surface area contributed by atoms with Gasteiger partial charge in [-0.25, -0.2) is 9.59 Å². The van der Waals surface area contributed by atoms with Crippen molar-refractivity contribution in [3.05, 3.63) is 12.7 Å². The molecule has 0 aromatic rings. The Hall–Kier alpha value is -1.96. The second-order valence-electron chi connectivity index (χ2n) is 4.35. The van der Waals surface area contributed by atoms with E-state index in [1.54, 1.807) is 4.90 Å². The maximum atomic E-state index is 11.8. The highest BCUT2D eigenvalue weighted by Gasteiger charge is 2.26. The zero-order valence-corrected chi connectivity index (χ0v) is 10.9. The fourth-order valence-electron chi connectivity index (χ4n) is 2.13. The first kappa shape index (κ1) is 15.1. The van der Waals surface area contributed by atoms with E-state index in [4.69, 9.17) is 9.84 Å². The van der Waals surface area contributed by atoms with Gasteiger partial charge in [-0.15, -0.1) is 0 Å². The van der Waals surface area contributed by atoms with Crippen LogP contribution in [0.15, 0.2) is 12.7 Å². The van der Waals surface area contributed by atoms with Gasteiger partial charge in [0.25, 0.3) is 0 Å². The predicted octanol–water partition coefficient (Wildman–Crippen LogP) is 2.03. The molecule has 104 valence electrons. The number of likely N-dealkylation sites (tertiary alicyclic amines) is 1. The van der Waals surface area contributed by atoms with Crippen molar-refractivity contribution in [2.45, 2.75) is 38.1 Å². The monoisotopic (exact) mass is 265 g/mol. The number of amides is 1. The highest BCUT2D eigenvalue weighted by atomic mass is 16.6. The highest BCUT2D eigenvalue weighted by Crippen LogP contribution is 2.21. The van der Waals surface area contributed by atoms with Crippen molar-refractivity contribution in [2.75, 3.05) is 13.2 Å². The molecule has 0 bridgehead atoms. The molecule has 0 aromatic carbocycles. The van der Waals surface area contributed by atoms with E-state index < -0.39 is 5.97 Å². The minimum absolute atomic E-state index is 0.0918. The maximum absolute atomic E-state index is 11.8. The minimum Gasteiger partial charge on any atom is -0.472 e. The lowest BCUT2D eigenvalue weighted by atomic mass is 9.98. The largest absolute Gasteiger partial charge is 0.472 e. The molecule has 1 saturated heterocycles. The Morgan fingerprint density at radius 2 is 2.26 bits per heavy atom. The van der Waals surface area contributed by atoms with Crippen molar-refractivity contribution in [1.82, 2.24) is 4.90 Å². The van der Waals surface area contributed by atoms with Crippen LogP contribution >= 0.6 is 0 Å². The number of hydrogen-bond donors (Lipinski definition) is 1. The van der Waals surface area contributed by atoms with Crippen LogP contribution in [0.1, 0.15) is 32.1 Å². The third kappa shape index (κ3) is 5.47. The summed E-state index contributed by atoms with van der Waals surface area (Å²) < 4.78 is 5.04. The molecule has 1 rings (SSSR count). The molecule has 0 aliphatic carbocycles. The molecule has 0 aromatic heterocycles. The molecule has 1 heterocycles. The van der Waals surface area contributed by atoms with Crippen molar-refractivity contribution < 1.29 is 19.4 Å². The minimum atomic E-state index is -1.12. The Balaban J connectivity index is 2.48. The molecular formula is C14H19NO4. The average molecular weight is 265 g/mol. The first-order valence-corrected chi connectivity index (χ1v) is 6.41. The molecule has 0 spiro atoms. The molecule has 1 atom stereocenters. The highest BCUT2D eigenvalue weighted by molar-refractivity contribution is 5.86. The SMILES string of the molecule is C=CCOC(=O)N1CCCCC1CCC#CC(=O)O. The van der Waals surface area contributed by atoms with Gasteiger partial charge in [-0.1, -0.05) is 18.6 Å². The van der Waals surface area contributed by atoms with Crippen molar-refractivity contribution >= 4 is 12.1 Å². The Bertz CT molecular complexity index is 394. The van der Waals surface area contributed by atoms with Gasteiger partial charge in [0, 0.05) is 24.9 Å². The molecule has 1 amide bonds. The topological polar surface area (TPSA) is 66.8 Å². The van der Waals surface area contributed by atoms with E-state index in [9.17, 15) is 9.59 Å². The lowest BCUT2D eigenvalue weighted by Gasteiger charge is -2.34. The number of rotatable bonds is 4. The van der Waals surface area contributed by atoms with Gasteiger partial charge in [-0.3, -0.25) is 0 Å². The van der Waals surface area contributed by atoms with Crippen molar-refractivity contribution in [3.63, 3.8) is 0 Å². The summed E-state index contributed by atoms with van der Waals surface area (Å²) in [6.45, 7) is 4.40. The maximum Gasteiger partial charge on any atom is 0.410 e. The van der Waals surface area contributed by atoms with Crippen LogP contribution in [0.2, 0.25) is 0 Å². The van der Waals surface area contributed by atoms with Gasteiger partial charge >= 0.3 is 12.1 Å². The predicted molar refractivity (Wildman–Crippen MR) is 70.5 cm³/mol. The zero-order chi connectivity index (χ0) is 14.1. The van der Waals surface area contributed by atoms with Crippen LogP contribution in [-0.4, -0.2) is 41.3 Å². The fraction of sp³-hybridized carbons (Fsp3) is 0.571. The van der Waals surface area contributed by atoms with Crippen LogP contribution < -0.4 is 0 Å². The van der Waals surface area contributed by atoms with E-state index in [0.717, 1.165) is 19.3 Å². The smallest absolute Gasteiger partial charge is 0.410 e. The lowest BCUT2D eigenvalue weighted by molar-refractivity contribution is -0.130. The Morgan fingerprint density at radius 3 is 2.95 bits per heavy atom. The van der Waals surface area contributed by atoms with Crippen LogP contribution in [0.5, 0.6) is 0 Å². The van der Waals surface area contributed by atoms with Crippen LogP contribution in [0, 0.1) is 11.8 Å². The first-order chi connectivity index (χ1) is 9.15.